The standard InChI is InChI=1S/C22H16Cl2F3N3O/c23-15-3-1-14(2-4-15)12-28-21-29-19-11-16(24)5-10-20(19)30(21)17-6-8-18(9-7-17)31-13-22(25,26)27/h1-11H,12-13H2,(H,28,29). The Kier molecular flexibility index (Phi) is 5.98. The Hall–Kier alpha value is -2.90. The van der Waals surface area contributed by atoms with E-state index in [9.17, 15) is 13.2 Å². The molecule has 0 unspecified atom stereocenters. The minimum absolute atomic E-state index is 0.129. The molecule has 4 aromatic rings. The quantitative estimate of drug-likeness (QED) is 0.337. The summed E-state index contributed by atoms with van der Waals surface area (Å²) in [5.41, 5.74) is 3.20. The normalized spacial score (nSPS) is 11.6. The first-order chi connectivity index (χ1) is 14.8. The van der Waals surface area contributed by atoms with Crippen molar-refractivity contribution in [3.63, 3.8) is 0 Å². The molecule has 9 heteroatoms. The Labute approximate surface area is 186 Å². The van der Waals surface area contributed by atoms with Gasteiger partial charge in [-0.15, -0.1) is 0 Å². The number of alkyl halides is 3. The summed E-state index contributed by atoms with van der Waals surface area (Å²) >= 11 is 12.1. The SMILES string of the molecule is FC(F)(F)COc1ccc(-n2c(NCc3ccc(Cl)cc3)nc3cc(Cl)ccc32)cc1. The van der Waals surface area contributed by atoms with Crippen molar-refractivity contribution >= 4 is 40.2 Å². The minimum Gasteiger partial charge on any atom is -0.484 e. The number of nitrogens with zero attached hydrogens (tertiary/aromatic N) is 2. The van der Waals surface area contributed by atoms with E-state index < -0.39 is 12.8 Å². The third-order valence-corrected chi connectivity index (χ3v) is 4.96. The molecule has 3 aromatic carbocycles. The van der Waals surface area contributed by atoms with E-state index in [2.05, 4.69) is 10.3 Å². The molecule has 0 bridgehead atoms. The predicted octanol–water partition coefficient (Wildman–Crippen LogP) is 6.89. The van der Waals surface area contributed by atoms with Gasteiger partial charge in [-0.05, 0) is 60.2 Å². The van der Waals surface area contributed by atoms with Gasteiger partial charge in [0.2, 0.25) is 5.95 Å². The molecule has 1 heterocycles. The number of imidazole rings is 1. The van der Waals surface area contributed by atoms with Crippen molar-refractivity contribution in [1.82, 2.24) is 9.55 Å². The van der Waals surface area contributed by atoms with Crippen LogP contribution < -0.4 is 10.1 Å². The van der Waals surface area contributed by atoms with Gasteiger partial charge in [-0.25, -0.2) is 4.98 Å². The maximum absolute atomic E-state index is 12.4. The molecule has 4 rings (SSSR count). The Morgan fingerprint density at radius 3 is 2.26 bits per heavy atom. The molecule has 0 amide bonds. The fourth-order valence-electron chi connectivity index (χ4n) is 3.07. The van der Waals surface area contributed by atoms with Gasteiger partial charge in [-0.3, -0.25) is 4.57 Å². The Balaban J connectivity index is 1.65. The number of nitrogens with one attached hydrogen (secondary N) is 1. The van der Waals surface area contributed by atoms with Crippen molar-refractivity contribution in [2.24, 2.45) is 0 Å². The summed E-state index contributed by atoms with van der Waals surface area (Å²) in [7, 11) is 0. The van der Waals surface area contributed by atoms with Crippen LogP contribution in [0.2, 0.25) is 10.0 Å². The summed E-state index contributed by atoms with van der Waals surface area (Å²) in [6.45, 7) is -0.840. The van der Waals surface area contributed by atoms with Gasteiger partial charge in [0.05, 0.1) is 11.0 Å². The lowest BCUT2D eigenvalue weighted by Crippen LogP contribution is -2.19. The zero-order chi connectivity index (χ0) is 22.0. The van der Waals surface area contributed by atoms with E-state index >= 15 is 0 Å². The third kappa shape index (κ3) is 5.24. The molecule has 0 atom stereocenters. The summed E-state index contributed by atoms with van der Waals surface area (Å²) in [4.78, 5) is 4.63. The van der Waals surface area contributed by atoms with E-state index in [1.165, 1.54) is 12.1 Å². The molecule has 0 aliphatic carbocycles. The fraction of sp³-hybridized carbons (Fsp3) is 0.136. The molecule has 4 nitrogen and oxygen atoms in total. The molecule has 0 fully saturated rings. The van der Waals surface area contributed by atoms with Crippen molar-refractivity contribution in [3.05, 3.63) is 82.3 Å². The average Bonchev–Trinajstić information content (AvgIpc) is 3.09. The van der Waals surface area contributed by atoms with Crippen molar-refractivity contribution in [2.75, 3.05) is 11.9 Å². The van der Waals surface area contributed by atoms with Crippen molar-refractivity contribution in [2.45, 2.75) is 12.7 Å². The average molecular weight is 466 g/mol. The second kappa shape index (κ2) is 8.69. The van der Waals surface area contributed by atoms with Crippen LogP contribution >= 0.6 is 23.2 Å². The largest absolute Gasteiger partial charge is 0.484 e. The lowest BCUT2D eigenvalue weighted by molar-refractivity contribution is -0.153. The van der Waals surface area contributed by atoms with Crippen LogP contribution in [0.25, 0.3) is 16.7 Å². The van der Waals surface area contributed by atoms with Crippen LogP contribution in [-0.2, 0) is 6.54 Å². The molecular weight excluding hydrogens is 450 g/mol. The molecule has 0 spiro atoms. The van der Waals surface area contributed by atoms with Crippen molar-refractivity contribution < 1.29 is 17.9 Å². The van der Waals surface area contributed by atoms with Crippen LogP contribution in [-0.4, -0.2) is 22.3 Å². The molecule has 0 saturated heterocycles. The van der Waals surface area contributed by atoms with Crippen molar-refractivity contribution in [3.8, 4) is 11.4 Å². The molecule has 0 aliphatic rings. The fourth-order valence-corrected chi connectivity index (χ4v) is 3.37. The molecule has 0 saturated carbocycles. The molecule has 0 aliphatic heterocycles. The minimum atomic E-state index is -4.39. The molecule has 1 N–H and O–H groups in total. The van der Waals surface area contributed by atoms with Crippen molar-refractivity contribution in [1.29, 1.82) is 0 Å². The van der Waals surface area contributed by atoms with Crippen LogP contribution in [0.3, 0.4) is 0 Å². The maximum Gasteiger partial charge on any atom is 0.422 e. The highest BCUT2D eigenvalue weighted by atomic mass is 35.5. The van der Waals surface area contributed by atoms with E-state index in [-0.39, 0.29) is 5.75 Å². The van der Waals surface area contributed by atoms with E-state index in [0.717, 1.165) is 11.1 Å². The first-order valence-corrected chi connectivity index (χ1v) is 10.0. The van der Waals surface area contributed by atoms with Crippen LogP contribution in [0.1, 0.15) is 5.56 Å². The molecule has 31 heavy (non-hydrogen) atoms. The maximum atomic E-state index is 12.4. The predicted molar refractivity (Wildman–Crippen MR) is 116 cm³/mol. The van der Waals surface area contributed by atoms with E-state index in [0.29, 0.717) is 33.7 Å². The topological polar surface area (TPSA) is 39.1 Å². The second-order valence-corrected chi connectivity index (χ2v) is 7.65. The number of hydrogen-bond donors (Lipinski definition) is 1. The highest BCUT2D eigenvalue weighted by Crippen LogP contribution is 2.29. The molecule has 1 aromatic heterocycles. The lowest BCUT2D eigenvalue weighted by Gasteiger charge is -2.13. The summed E-state index contributed by atoms with van der Waals surface area (Å²) in [6, 6.07) is 19.1. The number of rotatable bonds is 6. The van der Waals surface area contributed by atoms with Gasteiger partial charge in [-0.2, -0.15) is 13.2 Å². The smallest absolute Gasteiger partial charge is 0.422 e. The monoisotopic (exact) mass is 465 g/mol. The van der Waals surface area contributed by atoms with E-state index in [1.54, 1.807) is 36.4 Å². The molecule has 160 valence electrons. The first-order valence-electron chi connectivity index (χ1n) is 9.25. The number of fused-ring (bicyclic) bond motifs is 1. The molecular formula is C22H16Cl2F3N3O. The number of aromatic nitrogens is 2. The van der Waals surface area contributed by atoms with E-state index in [1.807, 2.05) is 22.8 Å². The van der Waals surface area contributed by atoms with Gasteiger partial charge in [0.25, 0.3) is 0 Å². The highest BCUT2D eigenvalue weighted by molar-refractivity contribution is 6.31. The zero-order valence-electron chi connectivity index (χ0n) is 16.0. The van der Waals surface area contributed by atoms with Gasteiger partial charge in [-0.1, -0.05) is 35.3 Å². The van der Waals surface area contributed by atoms with E-state index in [4.69, 9.17) is 27.9 Å². The number of hydrogen-bond acceptors (Lipinski definition) is 3. The number of benzene rings is 3. The number of ether oxygens (including phenoxy) is 1. The second-order valence-electron chi connectivity index (χ2n) is 6.78. The lowest BCUT2D eigenvalue weighted by atomic mass is 10.2. The summed E-state index contributed by atoms with van der Waals surface area (Å²) < 4.78 is 43.8. The van der Waals surface area contributed by atoms with Gasteiger partial charge >= 0.3 is 6.18 Å². The van der Waals surface area contributed by atoms with Crippen LogP contribution in [0.4, 0.5) is 19.1 Å². The van der Waals surface area contributed by atoms with Crippen LogP contribution in [0.5, 0.6) is 5.75 Å². The Morgan fingerprint density at radius 1 is 0.903 bits per heavy atom. The van der Waals surface area contributed by atoms with Gasteiger partial charge < -0.3 is 10.1 Å². The van der Waals surface area contributed by atoms with Gasteiger partial charge in [0, 0.05) is 22.3 Å². The Bertz CT molecular complexity index is 1190. The van der Waals surface area contributed by atoms with Crippen LogP contribution in [0.15, 0.2) is 66.7 Å². The van der Waals surface area contributed by atoms with Crippen LogP contribution in [0, 0.1) is 0 Å². The highest BCUT2D eigenvalue weighted by Gasteiger charge is 2.28. The zero-order valence-corrected chi connectivity index (χ0v) is 17.5. The number of anilines is 1. The Morgan fingerprint density at radius 2 is 1.58 bits per heavy atom. The molecule has 0 radical (unpaired) electrons. The number of halogens is 5. The summed E-state index contributed by atoms with van der Waals surface area (Å²) in [5, 5.41) is 4.51. The van der Waals surface area contributed by atoms with Gasteiger partial charge in [0.15, 0.2) is 6.61 Å². The third-order valence-electron chi connectivity index (χ3n) is 4.48. The summed E-state index contributed by atoms with van der Waals surface area (Å²) in [6.07, 6.45) is -4.39. The first kappa shape index (κ1) is 21.3. The summed E-state index contributed by atoms with van der Waals surface area (Å²) in [5.74, 6) is 0.695. The van der Waals surface area contributed by atoms with Gasteiger partial charge in [0.1, 0.15) is 5.75 Å².